The molecule has 1 aromatic carbocycles. The maximum Gasteiger partial charge on any atom is 0.330 e. The predicted octanol–water partition coefficient (Wildman–Crippen LogP) is 2.44. The van der Waals surface area contributed by atoms with Crippen molar-refractivity contribution in [2.24, 2.45) is 5.92 Å². The van der Waals surface area contributed by atoms with Gasteiger partial charge in [-0.3, -0.25) is 29.3 Å². The summed E-state index contributed by atoms with van der Waals surface area (Å²) in [6.45, 7) is 7.76. The minimum atomic E-state index is -0.749. The lowest BCUT2D eigenvalue weighted by atomic mass is 10.1. The van der Waals surface area contributed by atoms with Crippen LogP contribution in [0, 0.1) is 23.0 Å². The highest BCUT2D eigenvalue weighted by atomic mass is 16.6. The molecule has 0 spiro atoms. The molecule has 10 nitrogen and oxygen atoms in total. The van der Waals surface area contributed by atoms with Crippen molar-refractivity contribution >= 4 is 23.1 Å². The van der Waals surface area contributed by atoms with Crippen LogP contribution >= 0.6 is 0 Å². The number of nitrogens with two attached hydrogens (primary N) is 1. The lowest BCUT2D eigenvalue weighted by molar-refractivity contribution is -0.385. The average molecular weight is 417 g/mol. The summed E-state index contributed by atoms with van der Waals surface area (Å²) in [7, 11) is 0. The van der Waals surface area contributed by atoms with E-state index in [1.807, 2.05) is 20.8 Å². The molecule has 0 saturated heterocycles. The fraction of sp³-hybridized carbons (Fsp3) is 0.450. The number of nitro groups is 1. The van der Waals surface area contributed by atoms with E-state index in [1.165, 1.54) is 34.6 Å². The summed E-state index contributed by atoms with van der Waals surface area (Å²) in [6.07, 6.45) is 1.35. The molecule has 0 radical (unpaired) electrons. The molecule has 162 valence electrons. The molecule has 0 aliphatic heterocycles. The largest absolute Gasteiger partial charge is 0.383 e. The minimum Gasteiger partial charge on any atom is -0.383 e. The minimum absolute atomic E-state index is 0.0828. The van der Waals surface area contributed by atoms with Crippen LogP contribution in [0.4, 0.5) is 17.2 Å². The third-order valence-electron chi connectivity index (χ3n) is 4.65. The van der Waals surface area contributed by atoms with Crippen molar-refractivity contribution in [1.29, 1.82) is 0 Å². The number of amides is 1. The second-order valence-electron chi connectivity index (χ2n) is 7.57. The monoisotopic (exact) mass is 417 g/mol. The highest BCUT2D eigenvalue weighted by Gasteiger charge is 2.26. The molecule has 1 amide bonds. The fourth-order valence-corrected chi connectivity index (χ4v) is 3.16. The number of hydrogen-bond acceptors (Lipinski definition) is 6. The highest BCUT2D eigenvalue weighted by molar-refractivity contribution is 6.07. The number of carbonyl (C=O) groups is 1. The first-order valence-corrected chi connectivity index (χ1v) is 9.77. The zero-order valence-electron chi connectivity index (χ0n) is 17.6. The molecule has 0 aliphatic carbocycles. The first-order valence-electron chi connectivity index (χ1n) is 9.77. The second-order valence-corrected chi connectivity index (χ2v) is 7.57. The maximum atomic E-state index is 13.3. The molecular weight excluding hydrogens is 390 g/mol. The fourth-order valence-electron chi connectivity index (χ4n) is 3.16. The number of nitrogens with zero attached hydrogens (tertiary/aromatic N) is 3. The number of nitrogens with one attached hydrogen (secondary N) is 1. The van der Waals surface area contributed by atoms with Gasteiger partial charge in [-0.1, -0.05) is 27.2 Å². The first-order chi connectivity index (χ1) is 14.1. The predicted molar refractivity (Wildman–Crippen MR) is 115 cm³/mol. The van der Waals surface area contributed by atoms with E-state index >= 15 is 0 Å². The molecular formula is C20H27N5O5. The van der Waals surface area contributed by atoms with Crippen molar-refractivity contribution in [2.45, 2.75) is 47.1 Å². The van der Waals surface area contributed by atoms with Gasteiger partial charge in [0.05, 0.1) is 4.92 Å². The van der Waals surface area contributed by atoms with Crippen LogP contribution in [0.25, 0.3) is 0 Å². The number of aryl methyl sites for hydroxylation is 1. The van der Waals surface area contributed by atoms with E-state index in [9.17, 15) is 24.5 Å². The molecule has 0 saturated carbocycles. The van der Waals surface area contributed by atoms with Crippen LogP contribution < -0.4 is 21.9 Å². The molecule has 3 N–H and O–H groups in total. The summed E-state index contributed by atoms with van der Waals surface area (Å²) in [6, 6.07) is 4.02. The quantitative estimate of drug-likeness (QED) is 0.498. The van der Waals surface area contributed by atoms with E-state index in [4.69, 9.17) is 5.73 Å². The van der Waals surface area contributed by atoms with Gasteiger partial charge in [0.1, 0.15) is 5.82 Å². The summed E-state index contributed by atoms with van der Waals surface area (Å²) in [4.78, 5) is 52.1. The Hall–Kier alpha value is -3.43. The smallest absolute Gasteiger partial charge is 0.330 e. The van der Waals surface area contributed by atoms with Crippen LogP contribution in [0.3, 0.4) is 0 Å². The van der Waals surface area contributed by atoms with E-state index < -0.39 is 22.1 Å². The number of unbranched alkanes of at least 4 members (excludes halogenated alkanes) is 1. The van der Waals surface area contributed by atoms with Crippen LogP contribution in [-0.4, -0.2) is 26.9 Å². The zero-order chi connectivity index (χ0) is 22.6. The van der Waals surface area contributed by atoms with Gasteiger partial charge in [0.15, 0.2) is 5.69 Å². The van der Waals surface area contributed by atoms with Crippen molar-refractivity contribution in [3.8, 4) is 0 Å². The molecule has 1 heterocycles. The number of nitro benzene ring substituents is 1. The Morgan fingerprint density at radius 2 is 2.00 bits per heavy atom. The maximum absolute atomic E-state index is 13.3. The van der Waals surface area contributed by atoms with Gasteiger partial charge in [0, 0.05) is 30.3 Å². The Morgan fingerprint density at radius 1 is 1.33 bits per heavy atom. The summed E-state index contributed by atoms with van der Waals surface area (Å²) < 4.78 is 1.24. The van der Waals surface area contributed by atoms with E-state index in [-0.39, 0.29) is 41.8 Å². The number of H-pyrrole nitrogens is 1. The van der Waals surface area contributed by atoms with Crippen LogP contribution in [0.15, 0.2) is 27.8 Å². The van der Waals surface area contributed by atoms with Gasteiger partial charge in [0.2, 0.25) is 0 Å². The molecule has 0 bridgehead atoms. The lowest BCUT2D eigenvalue weighted by Crippen LogP contribution is -2.42. The molecule has 0 unspecified atom stereocenters. The van der Waals surface area contributed by atoms with Crippen molar-refractivity contribution < 1.29 is 9.72 Å². The second kappa shape index (κ2) is 9.38. The number of nitrogen functional groups attached to an aromatic ring is 1. The molecule has 2 aromatic rings. The molecule has 10 heteroatoms. The summed E-state index contributed by atoms with van der Waals surface area (Å²) in [5.41, 5.74) is 5.11. The van der Waals surface area contributed by atoms with Crippen LogP contribution in [0.5, 0.6) is 0 Å². The number of carbonyl (C=O) groups excluding carboxylic acids is 1. The molecule has 0 aliphatic rings. The van der Waals surface area contributed by atoms with Crippen molar-refractivity contribution in [1.82, 2.24) is 9.55 Å². The van der Waals surface area contributed by atoms with Crippen LogP contribution in [0.1, 0.15) is 49.5 Å². The normalized spacial score (nSPS) is 11.0. The number of anilines is 2. The molecule has 1 aromatic heterocycles. The first kappa shape index (κ1) is 22.9. The standard InChI is InChI=1S/C20H27N5O5/c1-5-6-9-23(19(27)14-7-8-15(25(29)30)13(4)10-14)16-17(21)24(11-12(2)3)20(28)22-18(16)26/h7-8,10,12H,5-6,9,11,21H2,1-4H3,(H,22,26,28). The van der Waals surface area contributed by atoms with Crippen molar-refractivity contribution in [3.05, 3.63) is 60.3 Å². The topological polar surface area (TPSA) is 144 Å². The van der Waals surface area contributed by atoms with E-state index in [2.05, 4.69) is 4.98 Å². The average Bonchev–Trinajstić information content (AvgIpc) is 2.66. The Labute approximate surface area is 173 Å². The molecule has 0 atom stereocenters. The van der Waals surface area contributed by atoms with Gasteiger partial charge in [-0.15, -0.1) is 0 Å². The van der Waals surface area contributed by atoms with E-state index in [0.29, 0.717) is 12.0 Å². The van der Waals surface area contributed by atoms with Gasteiger partial charge >= 0.3 is 5.69 Å². The lowest BCUT2D eigenvalue weighted by Gasteiger charge is -2.25. The molecule has 30 heavy (non-hydrogen) atoms. The van der Waals surface area contributed by atoms with Gasteiger partial charge in [-0.2, -0.15) is 0 Å². The Morgan fingerprint density at radius 3 is 2.53 bits per heavy atom. The van der Waals surface area contributed by atoms with Gasteiger partial charge in [-0.25, -0.2) is 4.79 Å². The third kappa shape index (κ3) is 4.76. The summed E-state index contributed by atoms with van der Waals surface area (Å²) in [5.74, 6) is -0.519. The summed E-state index contributed by atoms with van der Waals surface area (Å²) >= 11 is 0. The third-order valence-corrected chi connectivity index (χ3v) is 4.65. The number of hydrogen-bond donors (Lipinski definition) is 2. The van der Waals surface area contributed by atoms with Crippen LogP contribution in [0.2, 0.25) is 0 Å². The Balaban J connectivity index is 2.62. The van der Waals surface area contributed by atoms with Crippen molar-refractivity contribution in [3.63, 3.8) is 0 Å². The van der Waals surface area contributed by atoms with Gasteiger partial charge < -0.3 is 10.6 Å². The number of aromatic amines is 1. The van der Waals surface area contributed by atoms with Crippen LogP contribution in [-0.2, 0) is 6.54 Å². The van der Waals surface area contributed by atoms with E-state index in [0.717, 1.165) is 6.42 Å². The zero-order valence-corrected chi connectivity index (χ0v) is 17.6. The molecule has 2 rings (SSSR count). The van der Waals surface area contributed by atoms with Gasteiger partial charge in [0.25, 0.3) is 17.2 Å². The van der Waals surface area contributed by atoms with E-state index in [1.54, 1.807) is 0 Å². The summed E-state index contributed by atoms with van der Waals surface area (Å²) in [5, 5.41) is 11.1. The Bertz CT molecular complexity index is 1070. The molecule has 0 fully saturated rings. The number of aromatic nitrogens is 2. The highest BCUT2D eigenvalue weighted by Crippen LogP contribution is 2.24. The SMILES string of the molecule is CCCCN(C(=O)c1ccc([N+](=O)[O-])c(C)c1)c1c(N)n(CC(C)C)c(=O)[nH]c1=O. The number of benzene rings is 1. The number of rotatable bonds is 8. The Kier molecular flexibility index (Phi) is 7.14. The van der Waals surface area contributed by atoms with Gasteiger partial charge in [-0.05, 0) is 31.4 Å². The van der Waals surface area contributed by atoms with Crippen molar-refractivity contribution in [2.75, 3.05) is 17.2 Å².